The zero-order valence-electron chi connectivity index (χ0n) is 19.4. The van der Waals surface area contributed by atoms with Gasteiger partial charge >= 0.3 is 0 Å². The van der Waals surface area contributed by atoms with Crippen LogP contribution in [0.3, 0.4) is 0 Å². The molecule has 0 unspecified atom stereocenters. The van der Waals surface area contributed by atoms with Gasteiger partial charge in [-0.05, 0) is 60.9 Å². The molecule has 2 heterocycles. The van der Waals surface area contributed by atoms with Gasteiger partial charge in [0.05, 0.1) is 17.2 Å². The zero-order valence-corrected chi connectivity index (χ0v) is 20.2. The van der Waals surface area contributed by atoms with E-state index in [1.165, 1.54) is 12.3 Å². The molecule has 35 heavy (non-hydrogen) atoms. The average molecular weight is 491 g/mol. The number of piperidine rings is 1. The van der Waals surface area contributed by atoms with E-state index in [1.807, 2.05) is 26.0 Å². The number of nitriles is 1. The average Bonchev–Trinajstić information content (AvgIpc) is 2.86. The molecule has 0 radical (unpaired) electrons. The number of nitrogens with zero attached hydrogens (tertiary/aromatic N) is 3. The fourth-order valence-electron chi connectivity index (χ4n) is 4.29. The molecule has 6 nitrogen and oxygen atoms in total. The Kier molecular flexibility index (Phi) is 6.86. The first-order valence-electron chi connectivity index (χ1n) is 11.2. The van der Waals surface area contributed by atoms with Gasteiger partial charge in [-0.1, -0.05) is 29.8 Å². The van der Waals surface area contributed by atoms with Crippen molar-refractivity contribution in [2.75, 3.05) is 18.4 Å². The molecule has 1 fully saturated rings. The summed E-state index contributed by atoms with van der Waals surface area (Å²) in [5.41, 5.74) is 2.39. The molecule has 0 saturated carbocycles. The molecule has 1 aromatic heterocycles. The van der Waals surface area contributed by atoms with Gasteiger partial charge in [0, 0.05) is 43.4 Å². The third-order valence-corrected chi connectivity index (χ3v) is 6.64. The lowest BCUT2D eigenvalue weighted by Gasteiger charge is -2.37. The van der Waals surface area contributed by atoms with Crippen molar-refractivity contribution in [1.82, 2.24) is 9.88 Å². The summed E-state index contributed by atoms with van der Waals surface area (Å²) < 4.78 is 15.6. The van der Waals surface area contributed by atoms with E-state index in [0.717, 1.165) is 11.1 Å². The van der Waals surface area contributed by atoms with E-state index >= 15 is 4.39 Å². The Hall–Kier alpha value is -3.76. The van der Waals surface area contributed by atoms with E-state index in [0.29, 0.717) is 33.1 Å². The van der Waals surface area contributed by atoms with Gasteiger partial charge in [0.1, 0.15) is 10.8 Å². The van der Waals surface area contributed by atoms with Crippen molar-refractivity contribution in [3.63, 3.8) is 0 Å². The highest BCUT2D eigenvalue weighted by Gasteiger charge is 2.38. The number of carbonyl (C=O) groups is 2. The number of hydrogen-bond donors (Lipinski definition) is 1. The second-order valence-electron chi connectivity index (χ2n) is 8.75. The number of alkyl halides is 1. The van der Waals surface area contributed by atoms with Crippen LogP contribution in [0.2, 0.25) is 5.15 Å². The number of halogens is 2. The molecule has 2 amide bonds. The van der Waals surface area contributed by atoms with Gasteiger partial charge in [-0.2, -0.15) is 5.26 Å². The minimum atomic E-state index is -1.54. The fourth-order valence-corrected chi connectivity index (χ4v) is 4.40. The summed E-state index contributed by atoms with van der Waals surface area (Å²) in [5.74, 6) is -0.560. The molecule has 0 spiro atoms. The lowest BCUT2D eigenvalue weighted by molar-refractivity contribution is 0.0421. The summed E-state index contributed by atoms with van der Waals surface area (Å²) in [7, 11) is 0. The van der Waals surface area contributed by atoms with Crippen molar-refractivity contribution in [2.45, 2.75) is 32.4 Å². The first-order valence-corrected chi connectivity index (χ1v) is 11.6. The minimum absolute atomic E-state index is 0.169. The van der Waals surface area contributed by atoms with Crippen molar-refractivity contribution in [3.8, 4) is 6.07 Å². The Balaban J connectivity index is 1.49. The van der Waals surface area contributed by atoms with Gasteiger partial charge in [-0.25, -0.2) is 9.37 Å². The highest BCUT2D eigenvalue weighted by molar-refractivity contribution is 6.29. The van der Waals surface area contributed by atoms with Gasteiger partial charge < -0.3 is 10.2 Å². The number of benzene rings is 2. The molecule has 3 aromatic rings. The topological polar surface area (TPSA) is 86.1 Å². The SMILES string of the molecule is Cc1cc(C)c(C(=O)N2CCC(F)(c3ccc(C#N)cc3)CC2)cc1NC(=O)c1ccc(Cl)nc1. The van der Waals surface area contributed by atoms with Crippen molar-refractivity contribution in [2.24, 2.45) is 0 Å². The molecule has 4 rings (SSSR count). The maximum absolute atomic E-state index is 15.6. The molecule has 1 saturated heterocycles. The molecular weight excluding hydrogens is 467 g/mol. The molecular formula is C27H24ClFN4O2. The number of rotatable bonds is 4. The van der Waals surface area contributed by atoms with Crippen LogP contribution in [0.15, 0.2) is 54.7 Å². The maximum atomic E-state index is 15.6. The molecule has 1 aliphatic rings. The molecule has 178 valence electrons. The highest BCUT2D eigenvalue weighted by atomic mass is 35.5. The van der Waals surface area contributed by atoms with Crippen LogP contribution >= 0.6 is 11.6 Å². The molecule has 0 aliphatic carbocycles. The van der Waals surface area contributed by atoms with Crippen LogP contribution in [0.5, 0.6) is 0 Å². The monoisotopic (exact) mass is 490 g/mol. The Morgan fingerprint density at radius 3 is 2.37 bits per heavy atom. The number of anilines is 1. The predicted octanol–water partition coefficient (Wildman–Crippen LogP) is 5.58. The number of pyridine rings is 1. The van der Waals surface area contributed by atoms with Crippen molar-refractivity contribution in [3.05, 3.63) is 93.3 Å². The Morgan fingerprint density at radius 1 is 1.09 bits per heavy atom. The third kappa shape index (κ3) is 5.18. The van der Waals surface area contributed by atoms with E-state index < -0.39 is 5.67 Å². The van der Waals surface area contributed by atoms with E-state index in [4.69, 9.17) is 16.9 Å². The summed E-state index contributed by atoms with van der Waals surface area (Å²) in [6, 6.07) is 15.2. The van der Waals surface area contributed by atoms with Crippen LogP contribution in [-0.4, -0.2) is 34.8 Å². The largest absolute Gasteiger partial charge is 0.338 e. The predicted molar refractivity (Wildman–Crippen MR) is 132 cm³/mol. The molecule has 2 aromatic carbocycles. The van der Waals surface area contributed by atoms with Gasteiger partial charge in [-0.15, -0.1) is 0 Å². The Morgan fingerprint density at radius 2 is 1.77 bits per heavy atom. The number of carbonyl (C=O) groups excluding carboxylic acids is 2. The number of aryl methyl sites for hydroxylation is 2. The number of nitrogens with one attached hydrogen (secondary N) is 1. The first-order chi connectivity index (χ1) is 16.7. The van der Waals surface area contributed by atoms with Crippen LogP contribution < -0.4 is 5.32 Å². The van der Waals surface area contributed by atoms with Gasteiger partial charge in [0.2, 0.25) is 0 Å². The number of aromatic nitrogens is 1. The second-order valence-corrected chi connectivity index (χ2v) is 9.14. The Labute approximate surface area is 208 Å². The zero-order chi connectivity index (χ0) is 25.2. The van der Waals surface area contributed by atoms with E-state index in [2.05, 4.69) is 10.3 Å². The number of amides is 2. The summed E-state index contributed by atoms with van der Waals surface area (Å²) in [6.07, 6.45) is 1.73. The minimum Gasteiger partial charge on any atom is -0.338 e. The van der Waals surface area contributed by atoms with Crippen molar-refractivity contribution >= 4 is 29.1 Å². The standard InChI is InChI=1S/C27H24ClFN4O2/c1-17-13-18(2)23(32-25(34)20-5-8-24(28)31-16-20)14-22(17)26(35)33-11-9-27(29,10-12-33)21-6-3-19(15-30)4-7-21/h3-8,13-14,16H,9-12H2,1-2H3,(H,32,34). The lowest BCUT2D eigenvalue weighted by atomic mass is 9.85. The van der Waals surface area contributed by atoms with E-state index in [9.17, 15) is 9.59 Å². The second kappa shape index (κ2) is 9.85. The van der Waals surface area contributed by atoms with Crippen LogP contribution in [0.1, 0.15) is 55.8 Å². The van der Waals surface area contributed by atoms with Crippen molar-refractivity contribution in [1.29, 1.82) is 5.26 Å². The van der Waals surface area contributed by atoms with Gasteiger partial charge in [0.15, 0.2) is 0 Å². The van der Waals surface area contributed by atoms with Crippen LogP contribution in [0.25, 0.3) is 0 Å². The molecule has 1 N–H and O–H groups in total. The Bertz CT molecular complexity index is 1310. The lowest BCUT2D eigenvalue weighted by Crippen LogP contribution is -2.43. The van der Waals surface area contributed by atoms with E-state index in [1.54, 1.807) is 41.3 Å². The van der Waals surface area contributed by atoms with Gasteiger partial charge in [-0.3, -0.25) is 9.59 Å². The maximum Gasteiger partial charge on any atom is 0.257 e. The quantitative estimate of drug-likeness (QED) is 0.484. The van der Waals surface area contributed by atoms with Crippen LogP contribution in [-0.2, 0) is 5.67 Å². The molecule has 1 aliphatic heterocycles. The van der Waals surface area contributed by atoms with Gasteiger partial charge in [0.25, 0.3) is 11.8 Å². The molecule has 0 atom stereocenters. The summed E-state index contributed by atoms with van der Waals surface area (Å²) in [5, 5.41) is 12.1. The third-order valence-electron chi connectivity index (χ3n) is 6.41. The molecule has 8 heteroatoms. The number of likely N-dealkylation sites (tertiary alicyclic amines) is 1. The van der Waals surface area contributed by atoms with Crippen LogP contribution in [0, 0.1) is 25.2 Å². The summed E-state index contributed by atoms with van der Waals surface area (Å²) >= 11 is 5.79. The smallest absolute Gasteiger partial charge is 0.257 e. The first kappa shape index (κ1) is 24.4. The summed E-state index contributed by atoms with van der Waals surface area (Å²) in [4.78, 5) is 31.6. The van der Waals surface area contributed by atoms with E-state index in [-0.39, 0.29) is 37.7 Å². The number of hydrogen-bond acceptors (Lipinski definition) is 4. The van der Waals surface area contributed by atoms with Crippen LogP contribution in [0.4, 0.5) is 10.1 Å². The highest BCUT2D eigenvalue weighted by Crippen LogP contribution is 2.37. The fraction of sp³-hybridized carbons (Fsp3) is 0.259. The molecule has 0 bridgehead atoms. The van der Waals surface area contributed by atoms with Crippen molar-refractivity contribution < 1.29 is 14.0 Å². The summed E-state index contributed by atoms with van der Waals surface area (Å²) in [6.45, 7) is 4.23. The normalized spacial score (nSPS) is 14.8.